The van der Waals surface area contributed by atoms with Crippen molar-refractivity contribution < 1.29 is 13.5 Å². The number of halogens is 1. The van der Waals surface area contributed by atoms with Crippen LogP contribution in [-0.4, -0.2) is 28.7 Å². The maximum Gasteiger partial charge on any atom is 0.264 e. The molecular weight excluding hydrogens is 316 g/mol. The van der Waals surface area contributed by atoms with Crippen molar-refractivity contribution in [3.63, 3.8) is 0 Å². The van der Waals surface area contributed by atoms with E-state index < -0.39 is 10.0 Å². The summed E-state index contributed by atoms with van der Waals surface area (Å²) in [6, 6.07) is 4.03. The van der Waals surface area contributed by atoms with Crippen molar-refractivity contribution in [3.05, 3.63) is 40.2 Å². The van der Waals surface area contributed by atoms with Crippen molar-refractivity contribution in [1.82, 2.24) is 15.2 Å². The van der Waals surface area contributed by atoms with E-state index >= 15 is 0 Å². The second-order valence-corrected chi connectivity index (χ2v) is 6.41. The highest BCUT2D eigenvalue weighted by molar-refractivity contribution is 7.92. The predicted molar refractivity (Wildman–Crippen MR) is 77.5 cm³/mol. The van der Waals surface area contributed by atoms with E-state index in [4.69, 9.17) is 16.7 Å². The van der Waals surface area contributed by atoms with Crippen LogP contribution in [0.4, 0.5) is 5.95 Å². The first-order chi connectivity index (χ1) is 9.83. The van der Waals surface area contributed by atoms with Crippen LogP contribution in [0.5, 0.6) is 0 Å². The van der Waals surface area contributed by atoms with Crippen molar-refractivity contribution >= 4 is 27.6 Å². The van der Waals surface area contributed by atoms with Gasteiger partial charge in [0.15, 0.2) is 0 Å². The molecule has 112 valence electrons. The second-order valence-electron chi connectivity index (χ2n) is 4.32. The lowest BCUT2D eigenvalue weighted by atomic mass is 10.2. The fourth-order valence-electron chi connectivity index (χ4n) is 1.52. The van der Waals surface area contributed by atoms with E-state index in [0.29, 0.717) is 22.0 Å². The molecule has 0 fully saturated rings. The van der Waals surface area contributed by atoms with Gasteiger partial charge in [-0.1, -0.05) is 11.6 Å². The number of sulfonamides is 1. The van der Waals surface area contributed by atoms with Crippen LogP contribution in [0.1, 0.15) is 17.0 Å². The van der Waals surface area contributed by atoms with E-state index in [-0.39, 0.29) is 17.5 Å². The third-order valence-corrected chi connectivity index (χ3v) is 4.51. The summed E-state index contributed by atoms with van der Waals surface area (Å²) in [7, 11) is -3.88. The molecule has 2 N–H and O–H groups in total. The Labute approximate surface area is 127 Å². The number of hydrogen-bond donors (Lipinski definition) is 2. The van der Waals surface area contributed by atoms with Crippen LogP contribution in [0.25, 0.3) is 0 Å². The molecule has 1 aromatic heterocycles. The monoisotopic (exact) mass is 328 g/mol. The molecular formula is C12H13ClN4O3S. The predicted octanol–water partition coefficient (Wildman–Crippen LogP) is 1.43. The van der Waals surface area contributed by atoms with E-state index in [0.717, 1.165) is 0 Å². The summed E-state index contributed by atoms with van der Waals surface area (Å²) in [6.07, 6.45) is 0. The standard InChI is InChI=1S/C12H13ClN4O3S/c1-7-8(2)15-16-12(14-7)17-21(19,20)10-3-4-11(13)9(5-10)6-18/h3-5,18H,6H2,1-2H3,(H,14,16,17). The molecule has 0 unspecified atom stereocenters. The fraction of sp³-hybridized carbons (Fsp3) is 0.250. The van der Waals surface area contributed by atoms with Crippen LogP contribution in [-0.2, 0) is 16.6 Å². The van der Waals surface area contributed by atoms with Crippen molar-refractivity contribution in [2.24, 2.45) is 0 Å². The Morgan fingerprint density at radius 1 is 1.24 bits per heavy atom. The van der Waals surface area contributed by atoms with Crippen LogP contribution >= 0.6 is 11.6 Å². The minimum absolute atomic E-state index is 0.0437. The summed E-state index contributed by atoms with van der Waals surface area (Å²) in [5.41, 5.74) is 1.51. The zero-order valence-electron chi connectivity index (χ0n) is 11.3. The molecule has 21 heavy (non-hydrogen) atoms. The normalized spacial score (nSPS) is 11.4. The van der Waals surface area contributed by atoms with Gasteiger partial charge in [0, 0.05) is 5.02 Å². The maximum atomic E-state index is 12.2. The number of hydrogen-bond acceptors (Lipinski definition) is 6. The number of aliphatic hydroxyl groups is 1. The van der Waals surface area contributed by atoms with Gasteiger partial charge in [0.05, 0.1) is 22.9 Å². The lowest BCUT2D eigenvalue weighted by Crippen LogP contribution is -2.16. The molecule has 7 nitrogen and oxygen atoms in total. The molecule has 2 aromatic rings. The summed E-state index contributed by atoms with van der Waals surface area (Å²) >= 11 is 5.83. The first-order valence-electron chi connectivity index (χ1n) is 5.93. The van der Waals surface area contributed by atoms with Crippen LogP contribution in [0.3, 0.4) is 0 Å². The quantitative estimate of drug-likeness (QED) is 0.879. The van der Waals surface area contributed by atoms with Gasteiger partial charge in [0.2, 0.25) is 0 Å². The summed E-state index contributed by atoms with van der Waals surface area (Å²) in [5.74, 6) is -0.112. The van der Waals surface area contributed by atoms with Crippen molar-refractivity contribution in [2.75, 3.05) is 4.72 Å². The van der Waals surface area contributed by atoms with Crippen LogP contribution in [0, 0.1) is 13.8 Å². The number of nitrogens with zero attached hydrogens (tertiary/aromatic N) is 3. The zero-order valence-corrected chi connectivity index (χ0v) is 12.9. The number of aromatic nitrogens is 3. The third-order valence-electron chi connectivity index (χ3n) is 2.82. The summed E-state index contributed by atoms with van der Waals surface area (Å²) in [6.45, 7) is 3.07. The minimum atomic E-state index is -3.88. The van der Waals surface area contributed by atoms with E-state index in [2.05, 4.69) is 19.9 Å². The number of nitrogens with one attached hydrogen (secondary N) is 1. The highest BCUT2D eigenvalue weighted by Crippen LogP contribution is 2.21. The number of anilines is 1. The largest absolute Gasteiger partial charge is 0.392 e. The molecule has 0 amide bonds. The number of rotatable bonds is 4. The molecule has 0 spiro atoms. The smallest absolute Gasteiger partial charge is 0.264 e. The SMILES string of the molecule is Cc1nnc(NS(=O)(=O)c2ccc(Cl)c(CO)c2)nc1C. The fourth-order valence-corrected chi connectivity index (χ4v) is 2.69. The molecule has 0 saturated heterocycles. The van der Waals surface area contributed by atoms with E-state index in [1.807, 2.05) is 0 Å². The third kappa shape index (κ3) is 3.46. The number of aliphatic hydroxyl groups excluding tert-OH is 1. The Kier molecular flexibility index (Phi) is 4.40. The van der Waals surface area contributed by atoms with Gasteiger partial charge >= 0.3 is 0 Å². The Morgan fingerprint density at radius 2 is 1.95 bits per heavy atom. The summed E-state index contributed by atoms with van der Waals surface area (Å²) in [5, 5.41) is 16.9. The molecule has 0 aliphatic heterocycles. The van der Waals surface area contributed by atoms with E-state index in [1.165, 1.54) is 18.2 Å². The molecule has 0 bridgehead atoms. The van der Waals surface area contributed by atoms with Crippen molar-refractivity contribution in [3.8, 4) is 0 Å². The topological polar surface area (TPSA) is 105 Å². The maximum absolute atomic E-state index is 12.2. The van der Waals surface area contributed by atoms with E-state index in [9.17, 15) is 8.42 Å². The number of aryl methyl sites for hydroxylation is 2. The molecule has 0 saturated carbocycles. The van der Waals surface area contributed by atoms with Gasteiger partial charge in [0.1, 0.15) is 0 Å². The van der Waals surface area contributed by atoms with Gasteiger partial charge < -0.3 is 5.11 Å². The van der Waals surface area contributed by atoms with Gasteiger partial charge in [-0.2, -0.15) is 5.10 Å². The molecule has 0 atom stereocenters. The molecule has 0 radical (unpaired) electrons. The summed E-state index contributed by atoms with van der Waals surface area (Å²) < 4.78 is 26.7. The van der Waals surface area contributed by atoms with Gasteiger partial charge in [0.25, 0.3) is 16.0 Å². The molecule has 1 aromatic carbocycles. The Bertz CT molecular complexity index is 780. The molecule has 1 heterocycles. The van der Waals surface area contributed by atoms with Gasteiger partial charge in [-0.25, -0.2) is 18.1 Å². The number of benzene rings is 1. The van der Waals surface area contributed by atoms with Gasteiger partial charge in [-0.3, -0.25) is 0 Å². The lowest BCUT2D eigenvalue weighted by Gasteiger charge is -2.09. The van der Waals surface area contributed by atoms with Crippen LogP contribution in [0.2, 0.25) is 5.02 Å². The highest BCUT2D eigenvalue weighted by Gasteiger charge is 2.17. The molecule has 0 aliphatic carbocycles. The van der Waals surface area contributed by atoms with Gasteiger partial charge in [-0.05, 0) is 37.6 Å². The van der Waals surface area contributed by atoms with E-state index in [1.54, 1.807) is 13.8 Å². The Hall–Kier alpha value is -1.77. The molecule has 2 rings (SSSR count). The van der Waals surface area contributed by atoms with Crippen molar-refractivity contribution in [1.29, 1.82) is 0 Å². The minimum Gasteiger partial charge on any atom is -0.392 e. The highest BCUT2D eigenvalue weighted by atomic mass is 35.5. The first kappa shape index (κ1) is 15.6. The van der Waals surface area contributed by atoms with Gasteiger partial charge in [-0.15, -0.1) is 5.10 Å². The molecule has 9 heteroatoms. The first-order valence-corrected chi connectivity index (χ1v) is 7.79. The van der Waals surface area contributed by atoms with Crippen molar-refractivity contribution in [2.45, 2.75) is 25.3 Å². The lowest BCUT2D eigenvalue weighted by molar-refractivity contribution is 0.281. The Balaban J connectivity index is 2.35. The summed E-state index contributed by atoms with van der Waals surface area (Å²) in [4.78, 5) is 3.96. The Morgan fingerprint density at radius 3 is 2.57 bits per heavy atom. The second kappa shape index (κ2) is 5.92. The van der Waals surface area contributed by atoms with Crippen LogP contribution < -0.4 is 4.72 Å². The molecule has 0 aliphatic rings. The van der Waals surface area contributed by atoms with Crippen LogP contribution in [0.15, 0.2) is 23.1 Å². The average Bonchev–Trinajstić information content (AvgIpc) is 2.43. The zero-order chi connectivity index (χ0) is 15.6. The average molecular weight is 329 g/mol.